The molecule has 0 saturated heterocycles. The van der Waals surface area contributed by atoms with Gasteiger partial charge in [-0.1, -0.05) is 127 Å². The van der Waals surface area contributed by atoms with Crippen molar-refractivity contribution >= 4 is 43.8 Å². The summed E-state index contributed by atoms with van der Waals surface area (Å²) in [7, 11) is 0. The molecule has 2 heteroatoms. The van der Waals surface area contributed by atoms with Crippen molar-refractivity contribution in [3.8, 4) is 22.3 Å². The normalized spacial score (nSPS) is 14.5. The van der Waals surface area contributed by atoms with Gasteiger partial charge in [-0.2, -0.15) is 0 Å². The van der Waals surface area contributed by atoms with Crippen LogP contribution in [-0.2, 0) is 0 Å². The topological polar surface area (TPSA) is 28.1 Å². The second-order valence-corrected chi connectivity index (χ2v) is 12.0. The van der Waals surface area contributed by atoms with Gasteiger partial charge in [-0.25, -0.2) is 0 Å². The van der Waals surface area contributed by atoms with E-state index in [0.717, 1.165) is 17.8 Å². The van der Waals surface area contributed by atoms with Gasteiger partial charge in [0.15, 0.2) is 0 Å². The van der Waals surface area contributed by atoms with Crippen molar-refractivity contribution in [2.75, 3.05) is 0 Å². The lowest BCUT2D eigenvalue weighted by molar-refractivity contribution is 0.849. The van der Waals surface area contributed by atoms with Crippen LogP contribution in [0.15, 0.2) is 163 Å². The summed E-state index contributed by atoms with van der Waals surface area (Å²) in [6.07, 6.45) is 2.89. The third-order valence-corrected chi connectivity index (χ3v) is 9.45. The molecule has 9 rings (SSSR count). The van der Waals surface area contributed by atoms with Crippen molar-refractivity contribution in [1.82, 2.24) is 4.98 Å². The zero-order valence-corrected chi connectivity index (χ0v) is 24.7. The number of aliphatic imine (C=N–C) groups is 1. The van der Waals surface area contributed by atoms with Crippen LogP contribution in [0.25, 0.3) is 54.7 Å². The van der Waals surface area contributed by atoms with Crippen molar-refractivity contribution in [1.29, 1.82) is 0 Å². The number of aromatic amines is 1. The summed E-state index contributed by atoms with van der Waals surface area (Å²) in [6.45, 7) is 0. The standard InChI is InChI=1S/C43H30N2/c1-3-7-30(8-4-1)38-27-41(33-9-5-2-6-10-33)45-40-22-21-31-16-19-35(25-37(31)42(38)40)28-11-13-29(14-12-28)36-20-17-32-15-18-34-23-24-44-43(34)39(32)26-36/h1-26,38,44H,27H2. The van der Waals surface area contributed by atoms with Gasteiger partial charge in [0.1, 0.15) is 0 Å². The van der Waals surface area contributed by atoms with E-state index in [1.165, 1.54) is 71.4 Å². The molecule has 0 spiro atoms. The van der Waals surface area contributed by atoms with Crippen LogP contribution in [0, 0.1) is 0 Å². The highest BCUT2D eigenvalue weighted by atomic mass is 14.8. The fourth-order valence-corrected chi connectivity index (χ4v) is 7.13. The van der Waals surface area contributed by atoms with Gasteiger partial charge >= 0.3 is 0 Å². The lowest BCUT2D eigenvalue weighted by Gasteiger charge is -2.27. The highest BCUT2D eigenvalue weighted by Crippen LogP contribution is 2.45. The Bertz CT molecular complexity index is 2380. The molecular weight excluding hydrogens is 544 g/mol. The molecule has 7 aromatic carbocycles. The number of H-pyrrole nitrogens is 1. The highest BCUT2D eigenvalue weighted by molar-refractivity contribution is 6.08. The van der Waals surface area contributed by atoms with Gasteiger partial charge in [-0.3, -0.25) is 4.99 Å². The van der Waals surface area contributed by atoms with E-state index in [4.69, 9.17) is 4.99 Å². The van der Waals surface area contributed by atoms with Crippen molar-refractivity contribution in [3.63, 3.8) is 0 Å². The molecule has 1 atom stereocenters. The molecule has 212 valence electrons. The number of nitrogens with one attached hydrogen (secondary N) is 1. The maximum absolute atomic E-state index is 5.24. The number of fused-ring (bicyclic) bond motifs is 6. The second kappa shape index (κ2) is 10.5. The molecule has 2 nitrogen and oxygen atoms in total. The Balaban J connectivity index is 1.13. The summed E-state index contributed by atoms with van der Waals surface area (Å²) in [6, 6.07) is 55.1. The van der Waals surface area contributed by atoms with Gasteiger partial charge in [-0.05, 0) is 79.4 Å². The minimum absolute atomic E-state index is 0.231. The number of hydrogen-bond acceptors (Lipinski definition) is 1. The van der Waals surface area contributed by atoms with Crippen LogP contribution in [0.2, 0.25) is 0 Å². The molecule has 1 aromatic heterocycles. The maximum atomic E-state index is 5.24. The lowest BCUT2D eigenvalue weighted by atomic mass is 9.80. The Labute approximate surface area is 262 Å². The Morgan fingerprint density at radius 1 is 0.489 bits per heavy atom. The summed E-state index contributed by atoms with van der Waals surface area (Å²) in [5, 5.41) is 6.27. The molecule has 45 heavy (non-hydrogen) atoms. The predicted molar refractivity (Wildman–Crippen MR) is 190 cm³/mol. The van der Waals surface area contributed by atoms with E-state index in [1.54, 1.807) is 0 Å². The summed E-state index contributed by atoms with van der Waals surface area (Å²) in [4.78, 5) is 8.66. The minimum atomic E-state index is 0.231. The van der Waals surface area contributed by atoms with E-state index in [-0.39, 0.29) is 5.92 Å². The highest BCUT2D eigenvalue weighted by Gasteiger charge is 2.27. The first-order chi connectivity index (χ1) is 22.3. The average molecular weight is 575 g/mol. The Kier molecular flexibility index (Phi) is 5.99. The largest absolute Gasteiger partial charge is 0.361 e. The van der Waals surface area contributed by atoms with E-state index in [2.05, 4.69) is 157 Å². The van der Waals surface area contributed by atoms with Crippen LogP contribution in [-0.4, -0.2) is 10.7 Å². The van der Waals surface area contributed by atoms with Crippen LogP contribution in [0.4, 0.5) is 5.69 Å². The van der Waals surface area contributed by atoms with Gasteiger partial charge in [0, 0.05) is 35.0 Å². The molecule has 0 radical (unpaired) electrons. The molecule has 0 saturated carbocycles. The van der Waals surface area contributed by atoms with Crippen molar-refractivity contribution < 1.29 is 0 Å². The number of rotatable bonds is 4. The van der Waals surface area contributed by atoms with Gasteiger partial charge in [0.25, 0.3) is 0 Å². The molecule has 0 fully saturated rings. The summed E-state index contributed by atoms with van der Waals surface area (Å²) >= 11 is 0. The first kappa shape index (κ1) is 25.7. The lowest BCUT2D eigenvalue weighted by Crippen LogP contribution is -2.15. The summed E-state index contributed by atoms with van der Waals surface area (Å²) < 4.78 is 0. The Hall–Kier alpha value is -5.73. The van der Waals surface area contributed by atoms with E-state index in [1.807, 2.05) is 6.20 Å². The number of hydrogen-bond donors (Lipinski definition) is 1. The van der Waals surface area contributed by atoms with Crippen molar-refractivity contribution in [3.05, 3.63) is 175 Å². The molecule has 1 aliphatic heterocycles. The molecule has 2 heterocycles. The van der Waals surface area contributed by atoms with Crippen molar-refractivity contribution in [2.45, 2.75) is 12.3 Å². The molecule has 0 bridgehead atoms. The fourth-order valence-electron chi connectivity index (χ4n) is 7.13. The SMILES string of the molecule is c1ccc(C2=Nc3ccc4ccc(-c5ccc(-c6ccc7ccc8cc[nH]c8c7c6)cc5)cc4c3C(c3ccccc3)C2)cc1. The maximum Gasteiger partial charge on any atom is 0.0677 e. The third-order valence-electron chi connectivity index (χ3n) is 9.45. The van der Waals surface area contributed by atoms with Gasteiger partial charge in [-0.15, -0.1) is 0 Å². The van der Waals surface area contributed by atoms with Crippen LogP contribution >= 0.6 is 0 Å². The zero-order valence-electron chi connectivity index (χ0n) is 24.7. The van der Waals surface area contributed by atoms with Gasteiger partial charge < -0.3 is 4.98 Å². The molecule has 8 aromatic rings. The van der Waals surface area contributed by atoms with E-state index in [9.17, 15) is 0 Å². The summed E-state index contributed by atoms with van der Waals surface area (Å²) in [5.41, 5.74) is 12.1. The van der Waals surface area contributed by atoms with E-state index < -0.39 is 0 Å². The van der Waals surface area contributed by atoms with Crippen molar-refractivity contribution in [2.24, 2.45) is 4.99 Å². The number of aromatic nitrogens is 1. The minimum Gasteiger partial charge on any atom is -0.361 e. The second-order valence-electron chi connectivity index (χ2n) is 12.0. The van der Waals surface area contributed by atoms with Crippen LogP contribution in [0.5, 0.6) is 0 Å². The monoisotopic (exact) mass is 574 g/mol. The van der Waals surface area contributed by atoms with Gasteiger partial charge in [0.05, 0.1) is 11.2 Å². The molecule has 1 aliphatic rings. The van der Waals surface area contributed by atoms with Crippen LogP contribution < -0.4 is 0 Å². The van der Waals surface area contributed by atoms with Crippen LogP contribution in [0.1, 0.15) is 29.0 Å². The number of benzene rings is 7. The average Bonchev–Trinajstić information content (AvgIpc) is 3.61. The fraction of sp³-hybridized carbons (Fsp3) is 0.0465. The molecular formula is C43H30N2. The number of nitrogens with zero attached hydrogens (tertiary/aromatic N) is 1. The first-order valence-electron chi connectivity index (χ1n) is 15.6. The van der Waals surface area contributed by atoms with Crippen LogP contribution in [0.3, 0.4) is 0 Å². The Morgan fingerprint density at radius 2 is 1.07 bits per heavy atom. The quantitative estimate of drug-likeness (QED) is 0.217. The third kappa shape index (κ3) is 4.46. The molecule has 1 unspecified atom stereocenters. The van der Waals surface area contributed by atoms with E-state index >= 15 is 0 Å². The Morgan fingerprint density at radius 3 is 1.80 bits per heavy atom. The predicted octanol–water partition coefficient (Wildman–Crippen LogP) is 11.5. The molecule has 1 N–H and O–H groups in total. The zero-order chi connectivity index (χ0) is 29.7. The molecule has 0 aliphatic carbocycles. The first-order valence-corrected chi connectivity index (χ1v) is 15.6. The molecule has 0 amide bonds. The summed E-state index contributed by atoms with van der Waals surface area (Å²) in [5.74, 6) is 0.231. The van der Waals surface area contributed by atoms with Gasteiger partial charge in [0.2, 0.25) is 0 Å². The smallest absolute Gasteiger partial charge is 0.0677 e. The van der Waals surface area contributed by atoms with E-state index in [0.29, 0.717) is 0 Å².